The van der Waals surface area contributed by atoms with Gasteiger partial charge in [0.2, 0.25) is 6.10 Å². The van der Waals surface area contributed by atoms with Gasteiger partial charge >= 0.3 is 0 Å². The number of nitrogens with zero attached hydrogens (tertiary/aromatic N) is 1. The van der Waals surface area contributed by atoms with E-state index in [1.807, 2.05) is 0 Å². The fourth-order valence-corrected chi connectivity index (χ4v) is 2.51. The van der Waals surface area contributed by atoms with Gasteiger partial charge in [0.05, 0.1) is 19.9 Å². The highest BCUT2D eigenvalue weighted by Crippen LogP contribution is 2.30. The van der Waals surface area contributed by atoms with Crippen molar-refractivity contribution in [3.8, 4) is 11.5 Å². The average Bonchev–Trinajstić information content (AvgIpc) is 3.12. The van der Waals surface area contributed by atoms with E-state index >= 15 is 0 Å². The van der Waals surface area contributed by atoms with E-state index in [1.54, 1.807) is 36.4 Å². The molecule has 3 rings (SSSR count). The second-order valence-corrected chi connectivity index (χ2v) is 5.38. The summed E-state index contributed by atoms with van der Waals surface area (Å²) in [5.74, 6) is 0.284. The van der Waals surface area contributed by atoms with Crippen LogP contribution in [0.15, 0.2) is 47.6 Å². The summed E-state index contributed by atoms with van der Waals surface area (Å²) in [6, 6.07) is 11.3. The first-order valence-electron chi connectivity index (χ1n) is 7.63. The van der Waals surface area contributed by atoms with Crippen LogP contribution in [0.4, 0.5) is 10.1 Å². The number of hydrogen-bond donors (Lipinski definition) is 1. The monoisotopic (exact) mass is 344 g/mol. The van der Waals surface area contributed by atoms with Crippen molar-refractivity contribution in [3.05, 3.63) is 53.8 Å². The second-order valence-electron chi connectivity index (χ2n) is 5.38. The summed E-state index contributed by atoms with van der Waals surface area (Å²) in [5.41, 5.74) is 1.28. The first kappa shape index (κ1) is 16.8. The van der Waals surface area contributed by atoms with E-state index in [0.29, 0.717) is 28.5 Å². The van der Waals surface area contributed by atoms with Crippen molar-refractivity contribution in [1.82, 2.24) is 0 Å². The minimum Gasteiger partial charge on any atom is -0.493 e. The van der Waals surface area contributed by atoms with Gasteiger partial charge in [0.25, 0.3) is 5.91 Å². The maximum atomic E-state index is 13.8. The number of halogens is 1. The standard InChI is InChI=1S/C18H17FN2O4/c1-23-15-8-7-11(9-16(15)24-2)20-18(22)17-10-14(21-25-17)12-5-3-4-6-13(12)19/h3-9,17H,10H2,1-2H3,(H,20,22)/t17-/m1/s1. The quantitative estimate of drug-likeness (QED) is 0.905. The van der Waals surface area contributed by atoms with E-state index in [0.717, 1.165) is 0 Å². The van der Waals surface area contributed by atoms with Crippen LogP contribution in [-0.4, -0.2) is 31.9 Å². The van der Waals surface area contributed by atoms with E-state index in [-0.39, 0.29) is 12.3 Å². The Labute approximate surface area is 144 Å². The second kappa shape index (κ2) is 7.21. The van der Waals surface area contributed by atoms with Crippen molar-refractivity contribution in [3.63, 3.8) is 0 Å². The average molecular weight is 344 g/mol. The molecule has 0 saturated heterocycles. The summed E-state index contributed by atoms with van der Waals surface area (Å²) in [5, 5.41) is 6.57. The van der Waals surface area contributed by atoms with Crippen LogP contribution in [-0.2, 0) is 9.63 Å². The first-order chi connectivity index (χ1) is 12.1. The minimum absolute atomic E-state index is 0.195. The van der Waals surface area contributed by atoms with Crippen LogP contribution in [0.3, 0.4) is 0 Å². The summed E-state index contributed by atoms with van der Waals surface area (Å²) in [6.07, 6.45) is -0.622. The normalized spacial score (nSPS) is 16.0. The number of methoxy groups -OCH3 is 2. The molecule has 0 aromatic heterocycles. The summed E-state index contributed by atoms with van der Waals surface area (Å²) in [6.45, 7) is 0. The Morgan fingerprint density at radius 3 is 2.68 bits per heavy atom. The molecule has 0 saturated carbocycles. The van der Waals surface area contributed by atoms with Crippen molar-refractivity contribution in [2.45, 2.75) is 12.5 Å². The molecule has 0 aliphatic carbocycles. The van der Waals surface area contributed by atoms with Crippen LogP contribution in [0.5, 0.6) is 11.5 Å². The molecular formula is C18H17FN2O4. The van der Waals surface area contributed by atoms with Crippen LogP contribution < -0.4 is 14.8 Å². The molecule has 1 heterocycles. The van der Waals surface area contributed by atoms with Gasteiger partial charge in [-0.3, -0.25) is 4.79 Å². The lowest BCUT2D eigenvalue weighted by Crippen LogP contribution is -2.28. The van der Waals surface area contributed by atoms with Gasteiger partial charge in [-0.05, 0) is 18.2 Å². The van der Waals surface area contributed by atoms with Crippen LogP contribution >= 0.6 is 0 Å². The Morgan fingerprint density at radius 2 is 1.96 bits per heavy atom. The van der Waals surface area contributed by atoms with Crippen LogP contribution in [0.2, 0.25) is 0 Å². The molecule has 25 heavy (non-hydrogen) atoms. The van der Waals surface area contributed by atoms with Gasteiger partial charge in [-0.15, -0.1) is 0 Å². The molecule has 2 aromatic rings. The molecular weight excluding hydrogens is 327 g/mol. The number of oxime groups is 1. The molecule has 0 unspecified atom stereocenters. The number of carbonyl (C=O) groups is 1. The molecule has 0 bridgehead atoms. The van der Waals surface area contributed by atoms with E-state index in [1.165, 1.54) is 20.3 Å². The van der Waals surface area contributed by atoms with Crippen molar-refractivity contribution >= 4 is 17.3 Å². The van der Waals surface area contributed by atoms with Gasteiger partial charge in [0, 0.05) is 23.7 Å². The molecule has 130 valence electrons. The molecule has 1 N–H and O–H groups in total. The van der Waals surface area contributed by atoms with Crippen LogP contribution in [0, 0.1) is 5.82 Å². The number of ether oxygens (including phenoxy) is 2. The van der Waals surface area contributed by atoms with Gasteiger partial charge in [-0.2, -0.15) is 0 Å². The Balaban J connectivity index is 1.67. The molecule has 1 atom stereocenters. The lowest BCUT2D eigenvalue weighted by molar-refractivity contribution is -0.125. The number of amides is 1. The van der Waals surface area contributed by atoms with Gasteiger partial charge in [-0.25, -0.2) is 4.39 Å². The number of rotatable bonds is 5. The fourth-order valence-electron chi connectivity index (χ4n) is 2.51. The third-order valence-corrected chi connectivity index (χ3v) is 3.80. The zero-order valence-corrected chi connectivity index (χ0v) is 13.8. The van der Waals surface area contributed by atoms with E-state index in [2.05, 4.69) is 10.5 Å². The smallest absolute Gasteiger partial charge is 0.268 e. The highest BCUT2D eigenvalue weighted by Gasteiger charge is 2.30. The Bertz CT molecular complexity index is 822. The first-order valence-corrected chi connectivity index (χ1v) is 7.63. The molecule has 6 nitrogen and oxygen atoms in total. The highest BCUT2D eigenvalue weighted by molar-refractivity contribution is 6.06. The van der Waals surface area contributed by atoms with Crippen LogP contribution in [0.1, 0.15) is 12.0 Å². The Kier molecular flexibility index (Phi) is 4.83. The van der Waals surface area contributed by atoms with Crippen molar-refractivity contribution < 1.29 is 23.5 Å². The fraction of sp³-hybridized carbons (Fsp3) is 0.222. The van der Waals surface area contributed by atoms with E-state index < -0.39 is 11.9 Å². The Morgan fingerprint density at radius 1 is 1.20 bits per heavy atom. The molecule has 1 amide bonds. The maximum Gasteiger partial charge on any atom is 0.268 e. The molecule has 0 fully saturated rings. The predicted octanol–water partition coefficient (Wildman–Crippen LogP) is 2.97. The number of anilines is 1. The zero-order valence-electron chi connectivity index (χ0n) is 13.8. The summed E-state index contributed by atoms with van der Waals surface area (Å²) >= 11 is 0. The third-order valence-electron chi connectivity index (χ3n) is 3.80. The predicted molar refractivity (Wildman–Crippen MR) is 90.6 cm³/mol. The number of hydrogen-bond acceptors (Lipinski definition) is 5. The molecule has 0 spiro atoms. The van der Waals surface area contributed by atoms with E-state index in [9.17, 15) is 9.18 Å². The van der Waals surface area contributed by atoms with Gasteiger partial charge < -0.3 is 19.6 Å². The molecule has 7 heteroatoms. The maximum absolute atomic E-state index is 13.8. The van der Waals surface area contributed by atoms with Gasteiger partial charge in [0.1, 0.15) is 5.82 Å². The summed E-state index contributed by atoms with van der Waals surface area (Å²) in [4.78, 5) is 17.5. The van der Waals surface area contributed by atoms with Gasteiger partial charge in [-0.1, -0.05) is 23.4 Å². The minimum atomic E-state index is -0.817. The summed E-state index contributed by atoms with van der Waals surface area (Å²) in [7, 11) is 3.04. The lowest BCUT2D eigenvalue weighted by atomic mass is 10.0. The molecule has 2 aromatic carbocycles. The van der Waals surface area contributed by atoms with Crippen molar-refractivity contribution in [2.24, 2.45) is 5.16 Å². The van der Waals surface area contributed by atoms with Crippen molar-refractivity contribution in [2.75, 3.05) is 19.5 Å². The third kappa shape index (κ3) is 3.55. The summed E-state index contributed by atoms with van der Waals surface area (Å²) < 4.78 is 24.2. The SMILES string of the molecule is COc1ccc(NC(=O)[C@H]2CC(c3ccccc3F)=NO2)cc1OC. The number of nitrogens with one attached hydrogen (secondary N) is 1. The molecule has 1 aliphatic heterocycles. The highest BCUT2D eigenvalue weighted by atomic mass is 19.1. The Hall–Kier alpha value is -3.09. The lowest BCUT2D eigenvalue weighted by Gasteiger charge is -2.12. The zero-order chi connectivity index (χ0) is 17.8. The molecule has 0 radical (unpaired) electrons. The van der Waals surface area contributed by atoms with E-state index in [4.69, 9.17) is 14.3 Å². The van der Waals surface area contributed by atoms with Crippen molar-refractivity contribution in [1.29, 1.82) is 0 Å². The number of benzene rings is 2. The largest absolute Gasteiger partial charge is 0.493 e. The topological polar surface area (TPSA) is 69.2 Å². The van der Waals surface area contributed by atoms with Gasteiger partial charge in [0.15, 0.2) is 11.5 Å². The number of carbonyl (C=O) groups excluding carboxylic acids is 1. The molecule has 1 aliphatic rings. The van der Waals surface area contributed by atoms with Crippen LogP contribution in [0.25, 0.3) is 0 Å².